The first-order chi connectivity index (χ1) is 14.1. The Labute approximate surface area is 169 Å². The van der Waals surface area contributed by atoms with Crippen molar-refractivity contribution >= 4 is 15.7 Å². The van der Waals surface area contributed by atoms with Gasteiger partial charge in [-0.05, 0) is 35.9 Å². The molecule has 0 aromatic heterocycles. The van der Waals surface area contributed by atoms with Gasteiger partial charge in [0.15, 0.2) is 21.3 Å². The second kappa shape index (κ2) is 7.97. The molecule has 6 nitrogen and oxygen atoms in total. The zero-order valence-corrected chi connectivity index (χ0v) is 16.3. The topological polar surface area (TPSA) is 81.7 Å². The third kappa shape index (κ3) is 3.95. The molecule has 1 amide bonds. The summed E-state index contributed by atoms with van der Waals surface area (Å²) in [5.74, 6) is 0.692. The third-order valence-corrected chi connectivity index (χ3v) is 6.82. The molecule has 1 heterocycles. The number of hydrogen-bond acceptors (Lipinski definition) is 5. The Morgan fingerprint density at radius 2 is 1.55 bits per heavy atom. The number of benzene rings is 3. The second-order valence-corrected chi connectivity index (χ2v) is 8.67. The van der Waals surface area contributed by atoms with Gasteiger partial charge in [-0.1, -0.05) is 48.5 Å². The lowest BCUT2D eigenvalue weighted by molar-refractivity contribution is 0.0953. The fraction of sp³-hybridized carbons (Fsp3) is 0.136. The lowest BCUT2D eigenvalue weighted by Gasteiger charge is -2.19. The van der Waals surface area contributed by atoms with Crippen LogP contribution in [-0.4, -0.2) is 27.7 Å². The first-order valence-electron chi connectivity index (χ1n) is 9.07. The van der Waals surface area contributed by atoms with Gasteiger partial charge < -0.3 is 14.8 Å². The summed E-state index contributed by atoms with van der Waals surface area (Å²) < 4.78 is 37.0. The highest BCUT2D eigenvalue weighted by molar-refractivity contribution is 7.91. The highest BCUT2D eigenvalue weighted by Gasteiger charge is 2.29. The standard InChI is InChI=1S/C22H19NO5S/c24-22(17-11-12-19-20(13-17)28-15-27-19)23-14-21(16-7-3-1-4-8-16)29(25,26)18-9-5-2-6-10-18/h1-13,21H,14-15H2,(H,23,24)/t21-/m1/s1. The first kappa shape index (κ1) is 19.0. The van der Waals surface area contributed by atoms with Crippen LogP contribution in [0, 0.1) is 0 Å². The minimum atomic E-state index is -3.70. The third-order valence-electron chi connectivity index (χ3n) is 4.70. The van der Waals surface area contributed by atoms with Gasteiger partial charge in [0.25, 0.3) is 5.91 Å². The van der Waals surface area contributed by atoms with E-state index in [1.807, 2.05) is 6.07 Å². The monoisotopic (exact) mass is 409 g/mol. The molecule has 1 N–H and O–H groups in total. The van der Waals surface area contributed by atoms with Crippen LogP contribution in [0.25, 0.3) is 0 Å². The Bertz CT molecular complexity index is 1110. The van der Waals surface area contributed by atoms with Gasteiger partial charge in [-0.3, -0.25) is 4.79 Å². The summed E-state index contributed by atoms with van der Waals surface area (Å²) in [5, 5.41) is 1.84. The quantitative estimate of drug-likeness (QED) is 0.675. The highest BCUT2D eigenvalue weighted by atomic mass is 32.2. The molecule has 3 aromatic rings. The lowest BCUT2D eigenvalue weighted by atomic mass is 10.1. The van der Waals surface area contributed by atoms with Crippen LogP contribution >= 0.6 is 0 Å². The van der Waals surface area contributed by atoms with E-state index in [-0.39, 0.29) is 24.1 Å². The van der Waals surface area contributed by atoms with Gasteiger partial charge in [0.1, 0.15) is 5.25 Å². The van der Waals surface area contributed by atoms with Gasteiger partial charge >= 0.3 is 0 Å². The van der Waals surface area contributed by atoms with Gasteiger partial charge in [-0.15, -0.1) is 0 Å². The fourth-order valence-corrected chi connectivity index (χ4v) is 4.86. The number of nitrogens with one attached hydrogen (secondary N) is 1. The van der Waals surface area contributed by atoms with Crippen LogP contribution in [0.3, 0.4) is 0 Å². The molecule has 3 aromatic carbocycles. The molecular weight excluding hydrogens is 390 g/mol. The summed E-state index contributed by atoms with van der Waals surface area (Å²) >= 11 is 0. The van der Waals surface area contributed by atoms with Crippen LogP contribution in [0.2, 0.25) is 0 Å². The number of rotatable bonds is 6. The molecule has 0 unspecified atom stereocenters. The van der Waals surface area contributed by atoms with Gasteiger partial charge in [-0.2, -0.15) is 0 Å². The Kier molecular flexibility index (Phi) is 5.22. The number of hydrogen-bond donors (Lipinski definition) is 1. The van der Waals surface area contributed by atoms with Crippen LogP contribution in [0.5, 0.6) is 11.5 Å². The predicted molar refractivity (Wildman–Crippen MR) is 108 cm³/mol. The van der Waals surface area contributed by atoms with E-state index in [1.54, 1.807) is 72.8 Å². The zero-order chi connectivity index (χ0) is 20.3. The molecule has 7 heteroatoms. The molecule has 148 valence electrons. The predicted octanol–water partition coefficient (Wildman–Crippen LogP) is 3.36. The molecule has 1 aliphatic heterocycles. The molecule has 1 aliphatic rings. The second-order valence-electron chi connectivity index (χ2n) is 6.54. The number of carbonyl (C=O) groups excluding carboxylic acids is 1. The van der Waals surface area contributed by atoms with Gasteiger partial charge in [0.05, 0.1) is 4.90 Å². The van der Waals surface area contributed by atoms with Crippen LogP contribution in [-0.2, 0) is 9.84 Å². The molecule has 0 aliphatic carbocycles. The average molecular weight is 409 g/mol. The van der Waals surface area contributed by atoms with E-state index in [1.165, 1.54) is 0 Å². The Morgan fingerprint density at radius 1 is 0.897 bits per heavy atom. The Morgan fingerprint density at radius 3 is 2.28 bits per heavy atom. The van der Waals surface area contributed by atoms with Crippen LogP contribution in [0.1, 0.15) is 21.2 Å². The van der Waals surface area contributed by atoms with Crippen LogP contribution < -0.4 is 14.8 Å². The van der Waals surface area contributed by atoms with Crippen molar-refractivity contribution in [1.82, 2.24) is 5.32 Å². The molecule has 0 fully saturated rings. The van der Waals surface area contributed by atoms with Crippen LogP contribution in [0.4, 0.5) is 0 Å². The smallest absolute Gasteiger partial charge is 0.251 e. The Balaban J connectivity index is 1.59. The van der Waals surface area contributed by atoms with E-state index in [0.29, 0.717) is 22.6 Å². The average Bonchev–Trinajstić information content (AvgIpc) is 3.23. The maximum absolute atomic E-state index is 13.2. The number of amides is 1. The summed E-state index contributed by atoms with van der Waals surface area (Å²) in [5.41, 5.74) is 0.987. The largest absolute Gasteiger partial charge is 0.454 e. The molecule has 1 atom stereocenters. The Hall–Kier alpha value is -3.32. The SMILES string of the molecule is O=C(NC[C@H](c1ccccc1)S(=O)(=O)c1ccccc1)c1ccc2c(c1)OCO2. The lowest BCUT2D eigenvalue weighted by Crippen LogP contribution is -2.32. The maximum atomic E-state index is 13.2. The summed E-state index contributed by atoms with van der Waals surface area (Å²) in [4.78, 5) is 12.9. The first-order valence-corrected chi connectivity index (χ1v) is 10.6. The van der Waals surface area contributed by atoms with Crippen molar-refractivity contribution in [3.63, 3.8) is 0 Å². The molecule has 0 saturated heterocycles. The molecule has 0 radical (unpaired) electrons. The number of sulfone groups is 1. The summed E-state index contributed by atoms with van der Waals surface area (Å²) in [7, 11) is -3.70. The molecule has 4 rings (SSSR count). The van der Waals surface area contributed by atoms with E-state index in [2.05, 4.69) is 5.32 Å². The van der Waals surface area contributed by atoms with E-state index < -0.39 is 15.1 Å². The minimum Gasteiger partial charge on any atom is -0.454 e. The van der Waals surface area contributed by atoms with Crippen molar-refractivity contribution < 1.29 is 22.7 Å². The van der Waals surface area contributed by atoms with E-state index in [4.69, 9.17) is 9.47 Å². The molecule has 0 spiro atoms. The molecule has 0 bridgehead atoms. The van der Waals surface area contributed by atoms with Crippen molar-refractivity contribution in [2.45, 2.75) is 10.1 Å². The fourth-order valence-electron chi connectivity index (χ4n) is 3.17. The molecule has 29 heavy (non-hydrogen) atoms. The zero-order valence-electron chi connectivity index (χ0n) is 15.4. The van der Waals surface area contributed by atoms with E-state index >= 15 is 0 Å². The van der Waals surface area contributed by atoms with Crippen molar-refractivity contribution in [3.05, 3.63) is 90.0 Å². The summed E-state index contributed by atoms with van der Waals surface area (Å²) in [6.45, 7) is 0.0559. The van der Waals surface area contributed by atoms with Crippen molar-refractivity contribution in [1.29, 1.82) is 0 Å². The molecule has 0 saturated carbocycles. The number of fused-ring (bicyclic) bond motifs is 1. The van der Waals surface area contributed by atoms with Gasteiger partial charge in [-0.25, -0.2) is 8.42 Å². The van der Waals surface area contributed by atoms with Crippen LogP contribution in [0.15, 0.2) is 83.8 Å². The van der Waals surface area contributed by atoms with Crippen molar-refractivity contribution in [2.75, 3.05) is 13.3 Å². The van der Waals surface area contributed by atoms with Gasteiger partial charge in [0.2, 0.25) is 6.79 Å². The summed E-state index contributed by atoms with van der Waals surface area (Å²) in [6, 6.07) is 22.0. The molecular formula is C22H19NO5S. The van der Waals surface area contributed by atoms with E-state index in [9.17, 15) is 13.2 Å². The minimum absolute atomic E-state index is 0.0610. The van der Waals surface area contributed by atoms with E-state index in [0.717, 1.165) is 0 Å². The number of ether oxygens (including phenoxy) is 2. The highest BCUT2D eigenvalue weighted by Crippen LogP contribution is 2.33. The van der Waals surface area contributed by atoms with Crippen molar-refractivity contribution in [2.24, 2.45) is 0 Å². The maximum Gasteiger partial charge on any atom is 0.251 e. The normalized spacial score (nSPS) is 13.7. The number of carbonyl (C=O) groups is 1. The van der Waals surface area contributed by atoms with Gasteiger partial charge in [0, 0.05) is 12.1 Å². The summed E-state index contributed by atoms with van der Waals surface area (Å²) in [6.07, 6.45) is 0. The van der Waals surface area contributed by atoms with Crippen molar-refractivity contribution in [3.8, 4) is 11.5 Å².